The Bertz CT molecular complexity index is 724. The normalized spacial score (nSPS) is 15.5. The van der Waals surface area contributed by atoms with Gasteiger partial charge in [0.15, 0.2) is 9.84 Å². The van der Waals surface area contributed by atoms with Gasteiger partial charge in [0.25, 0.3) is 0 Å². The molecule has 1 aliphatic heterocycles. The van der Waals surface area contributed by atoms with Gasteiger partial charge in [0.2, 0.25) is 0 Å². The van der Waals surface area contributed by atoms with Crippen LogP contribution in [-0.4, -0.2) is 118 Å². The van der Waals surface area contributed by atoms with Crippen LogP contribution in [0.1, 0.15) is 19.5 Å². The molecular formula is C20H39N5O6S. The molecule has 32 heavy (non-hydrogen) atoms. The number of ether oxygens (including phenoxy) is 4. The topological polar surface area (TPSA) is 117 Å². The first-order chi connectivity index (χ1) is 15.3. The number of likely N-dealkylation sites (tertiary alicyclic amines) is 1. The molecule has 0 aliphatic carbocycles. The molecule has 1 fully saturated rings. The fourth-order valence-electron chi connectivity index (χ4n) is 3.01. The molecule has 11 nitrogen and oxygen atoms in total. The van der Waals surface area contributed by atoms with Gasteiger partial charge < -0.3 is 24.3 Å². The van der Waals surface area contributed by atoms with E-state index < -0.39 is 9.84 Å². The van der Waals surface area contributed by atoms with E-state index in [1.165, 1.54) is 6.26 Å². The summed E-state index contributed by atoms with van der Waals surface area (Å²) < 4.78 is 46.6. The van der Waals surface area contributed by atoms with Crippen molar-refractivity contribution >= 4 is 9.84 Å². The monoisotopic (exact) mass is 477 g/mol. The predicted molar refractivity (Wildman–Crippen MR) is 120 cm³/mol. The highest BCUT2D eigenvalue weighted by molar-refractivity contribution is 7.91. The van der Waals surface area contributed by atoms with Gasteiger partial charge in [-0.2, -0.15) is 0 Å². The second-order valence-corrected chi connectivity index (χ2v) is 10.5. The molecule has 0 atom stereocenters. The fraction of sp³-hybridized carbons (Fsp3) is 0.900. The lowest BCUT2D eigenvalue weighted by molar-refractivity contribution is -0.00252. The average Bonchev–Trinajstić information content (AvgIpc) is 3.13. The molecule has 0 aromatic carbocycles. The Kier molecular flexibility index (Phi) is 12.6. The van der Waals surface area contributed by atoms with Gasteiger partial charge in [-0.15, -0.1) is 5.10 Å². The van der Waals surface area contributed by atoms with Crippen LogP contribution in [-0.2, 0) is 41.9 Å². The van der Waals surface area contributed by atoms with Crippen LogP contribution in [0.15, 0.2) is 6.20 Å². The van der Waals surface area contributed by atoms with E-state index in [9.17, 15) is 8.42 Å². The van der Waals surface area contributed by atoms with Crippen LogP contribution in [0.4, 0.5) is 0 Å². The van der Waals surface area contributed by atoms with Crippen molar-refractivity contribution in [1.82, 2.24) is 25.2 Å². The van der Waals surface area contributed by atoms with E-state index in [0.717, 1.165) is 12.2 Å². The van der Waals surface area contributed by atoms with Crippen LogP contribution in [0.2, 0.25) is 0 Å². The molecule has 2 rings (SSSR count). The molecule has 1 aromatic rings. The quantitative estimate of drug-likeness (QED) is 0.263. The van der Waals surface area contributed by atoms with Gasteiger partial charge in [0.05, 0.1) is 70.3 Å². The van der Waals surface area contributed by atoms with Crippen molar-refractivity contribution in [2.45, 2.75) is 38.2 Å². The van der Waals surface area contributed by atoms with Crippen molar-refractivity contribution in [3.63, 3.8) is 0 Å². The third-order valence-corrected chi connectivity index (χ3v) is 6.39. The number of nitrogens with zero attached hydrogens (tertiary/aromatic N) is 4. The Morgan fingerprint density at radius 3 is 2.12 bits per heavy atom. The summed E-state index contributed by atoms with van der Waals surface area (Å²) in [6, 6.07) is 0.478. The van der Waals surface area contributed by atoms with Crippen molar-refractivity contribution in [1.29, 1.82) is 0 Å². The lowest BCUT2D eigenvalue weighted by Crippen LogP contribution is -2.53. The van der Waals surface area contributed by atoms with E-state index in [2.05, 4.69) is 34.4 Å². The smallest absolute Gasteiger partial charge is 0.152 e. The Morgan fingerprint density at radius 1 is 1.00 bits per heavy atom. The van der Waals surface area contributed by atoms with Gasteiger partial charge >= 0.3 is 0 Å². The van der Waals surface area contributed by atoms with Crippen molar-refractivity contribution in [3.05, 3.63) is 11.9 Å². The van der Waals surface area contributed by atoms with Crippen LogP contribution in [0.5, 0.6) is 0 Å². The zero-order valence-corrected chi connectivity index (χ0v) is 20.4. The first-order valence-corrected chi connectivity index (χ1v) is 13.1. The number of nitrogens with one attached hydrogen (secondary N) is 1. The summed E-state index contributed by atoms with van der Waals surface area (Å²) in [7, 11) is -2.94. The van der Waals surface area contributed by atoms with Crippen molar-refractivity contribution in [2.24, 2.45) is 0 Å². The molecular weight excluding hydrogens is 438 g/mol. The summed E-state index contributed by atoms with van der Waals surface area (Å²) in [5.41, 5.74) is 0.831. The molecule has 1 aromatic heterocycles. The van der Waals surface area contributed by atoms with E-state index >= 15 is 0 Å². The first-order valence-electron chi connectivity index (χ1n) is 11.2. The molecule has 1 aliphatic rings. The summed E-state index contributed by atoms with van der Waals surface area (Å²) in [5.74, 6) is 0. The van der Waals surface area contributed by atoms with Gasteiger partial charge in [-0.3, -0.25) is 4.90 Å². The summed E-state index contributed by atoms with van der Waals surface area (Å²) in [6.45, 7) is 11.9. The van der Waals surface area contributed by atoms with Crippen LogP contribution in [0.25, 0.3) is 0 Å². The largest absolute Gasteiger partial charge is 0.378 e. The molecule has 186 valence electrons. The third-order valence-electron chi connectivity index (χ3n) is 4.88. The van der Waals surface area contributed by atoms with Gasteiger partial charge in [-0.05, 0) is 0 Å². The number of hydrogen-bond donors (Lipinski definition) is 1. The molecule has 2 heterocycles. The van der Waals surface area contributed by atoms with E-state index in [1.807, 2.05) is 6.20 Å². The number of hydrogen-bond acceptors (Lipinski definition) is 10. The average molecular weight is 478 g/mol. The van der Waals surface area contributed by atoms with Gasteiger partial charge in [-0.1, -0.05) is 19.1 Å². The summed E-state index contributed by atoms with van der Waals surface area (Å²) in [6.07, 6.45) is 3.16. The second-order valence-electron chi connectivity index (χ2n) is 8.18. The minimum absolute atomic E-state index is 0.254. The van der Waals surface area contributed by atoms with E-state index in [4.69, 9.17) is 18.9 Å². The number of sulfone groups is 1. The number of aromatic nitrogens is 3. The van der Waals surface area contributed by atoms with Crippen LogP contribution in [0, 0.1) is 0 Å². The Morgan fingerprint density at radius 2 is 1.56 bits per heavy atom. The maximum Gasteiger partial charge on any atom is 0.152 e. The third kappa shape index (κ3) is 11.6. The zero-order chi connectivity index (χ0) is 23.2. The maximum absolute atomic E-state index is 11.4. The summed E-state index contributed by atoms with van der Waals surface area (Å²) in [4.78, 5) is 2.05. The standard InChI is InChI=1S/C20H39N5O6S/c1-18(2)21-4-6-28-8-10-30-12-13-31-11-9-29-7-5-25-15-19(22-23-25)14-24-16-20(17-24)32(3,26)27/h15,18,20-21H,4-14,16-17H2,1-3H3. The zero-order valence-electron chi connectivity index (χ0n) is 19.6. The molecule has 1 N–H and O–H groups in total. The molecule has 0 radical (unpaired) electrons. The summed E-state index contributed by atoms with van der Waals surface area (Å²) >= 11 is 0. The molecule has 12 heteroatoms. The maximum atomic E-state index is 11.4. The van der Waals surface area contributed by atoms with E-state index in [1.54, 1.807) is 4.68 Å². The van der Waals surface area contributed by atoms with Crippen molar-refractivity contribution in [3.8, 4) is 0 Å². The van der Waals surface area contributed by atoms with Crippen molar-refractivity contribution in [2.75, 3.05) is 78.7 Å². The molecule has 0 unspecified atom stereocenters. The minimum Gasteiger partial charge on any atom is -0.378 e. The van der Waals surface area contributed by atoms with E-state index in [-0.39, 0.29) is 5.25 Å². The highest BCUT2D eigenvalue weighted by Gasteiger charge is 2.34. The summed E-state index contributed by atoms with van der Waals surface area (Å²) in [5, 5.41) is 11.2. The predicted octanol–water partition coefficient (Wildman–Crippen LogP) is -0.429. The first kappa shape index (κ1) is 27.1. The lowest BCUT2D eigenvalue weighted by atomic mass is 10.2. The van der Waals surface area contributed by atoms with Gasteiger partial charge in [0.1, 0.15) is 0 Å². The van der Waals surface area contributed by atoms with Crippen LogP contribution < -0.4 is 5.32 Å². The van der Waals surface area contributed by atoms with Crippen LogP contribution in [0.3, 0.4) is 0 Å². The van der Waals surface area contributed by atoms with Crippen LogP contribution >= 0.6 is 0 Å². The molecule has 1 saturated heterocycles. The highest BCUT2D eigenvalue weighted by atomic mass is 32.2. The van der Waals surface area contributed by atoms with Gasteiger partial charge in [-0.25, -0.2) is 13.1 Å². The minimum atomic E-state index is -2.94. The Balaban J connectivity index is 1.35. The molecule has 0 spiro atoms. The Labute approximate surface area is 191 Å². The van der Waals surface area contributed by atoms with E-state index in [0.29, 0.717) is 85.1 Å². The highest BCUT2D eigenvalue weighted by Crippen LogP contribution is 2.17. The lowest BCUT2D eigenvalue weighted by Gasteiger charge is -2.37. The number of rotatable bonds is 19. The SMILES string of the molecule is CC(C)NCCOCCOCCOCCOCCn1cc(CN2CC(S(C)(=O)=O)C2)nn1. The Hall–Kier alpha value is -1.15. The second kappa shape index (κ2) is 14.9. The molecule has 0 amide bonds. The fourth-order valence-corrected chi connectivity index (χ4v) is 3.97. The van der Waals surface area contributed by atoms with Gasteiger partial charge in [0, 0.05) is 44.7 Å². The molecule has 0 bridgehead atoms. The van der Waals surface area contributed by atoms with Crippen molar-refractivity contribution < 1.29 is 27.4 Å². The molecule has 0 saturated carbocycles.